The van der Waals surface area contributed by atoms with Gasteiger partial charge in [0.05, 0.1) is 0 Å². The lowest BCUT2D eigenvalue weighted by atomic mass is 10.4. The van der Waals surface area contributed by atoms with Crippen molar-refractivity contribution < 1.29 is 13.5 Å². The van der Waals surface area contributed by atoms with Gasteiger partial charge in [0.1, 0.15) is 5.76 Å². The number of ether oxygens (including phenoxy) is 1. The van der Waals surface area contributed by atoms with E-state index in [0.717, 1.165) is 0 Å². The van der Waals surface area contributed by atoms with E-state index < -0.39 is 6.61 Å². The lowest BCUT2D eigenvalue weighted by molar-refractivity contribution is -0.0921. The molecule has 0 aliphatic carbocycles. The third-order valence-corrected chi connectivity index (χ3v) is 0.906. The van der Waals surface area contributed by atoms with Gasteiger partial charge in [-0.15, -0.1) is 0 Å². The van der Waals surface area contributed by atoms with Gasteiger partial charge < -0.3 is 4.74 Å². The van der Waals surface area contributed by atoms with E-state index in [-0.39, 0.29) is 5.76 Å². The monoisotopic (exact) mass is 160 g/mol. The Morgan fingerprint density at radius 3 is 2.55 bits per heavy atom. The first-order valence-corrected chi connectivity index (χ1v) is 3.11. The van der Waals surface area contributed by atoms with Crippen LogP contribution in [0.15, 0.2) is 36.6 Å². The maximum absolute atomic E-state index is 11.6. The predicted octanol–water partition coefficient (Wildman–Crippen LogP) is 2.87. The van der Waals surface area contributed by atoms with Crippen molar-refractivity contribution in [2.45, 2.75) is 13.5 Å². The van der Waals surface area contributed by atoms with Crippen LogP contribution in [-0.2, 0) is 4.74 Å². The Kier molecular flexibility index (Phi) is 5.07. The molecule has 0 amide bonds. The topological polar surface area (TPSA) is 9.23 Å². The molecule has 1 nitrogen and oxygen atoms in total. The first-order chi connectivity index (χ1) is 5.20. The van der Waals surface area contributed by atoms with Gasteiger partial charge in [-0.05, 0) is 19.1 Å². The van der Waals surface area contributed by atoms with Crippen LogP contribution in [-0.4, -0.2) is 6.61 Å². The van der Waals surface area contributed by atoms with Crippen LogP contribution in [0.2, 0.25) is 0 Å². The lowest BCUT2D eigenvalue weighted by Gasteiger charge is -2.02. The van der Waals surface area contributed by atoms with Crippen molar-refractivity contribution in [1.82, 2.24) is 0 Å². The first-order valence-electron chi connectivity index (χ1n) is 3.11. The van der Waals surface area contributed by atoms with Crippen LogP contribution in [0.5, 0.6) is 0 Å². The second-order valence-corrected chi connectivity index (χ2v) is 1.66. The summed E-state index contributed by atoms with van der Waals surface area (Å²) in [5.74, 6) is 0.139. The average Bonchev–Trinajstić information content (AvgIpc) is 1.97. The molecule has 0 aliphatic rings. The van der Waals surface area contributed by atoms with Crippen LogP contribution in [0.1, 0.15) is 6.92 Å². The molecule has 11 heavy (non-hydrogen) atoms. The molecule has 0 aromatic heterocycles. The molecule has 0 aliphatic heterocycles. The van der Waals surface area contributed by atoms with Gasteiger partial charge >= 0.3 is 6.61 Å². The number of allylic oxidation sites excluding steroid dienone is 4. The summed E-state index contributed by atoms with van der Waals surface area (Å²) >= 11 is 0. The maximum Gasteiger partial charge on any atom is 0.387 e. The molecule has 0 saturated heterocycles. The fourth-order valence-electron chi connectivity index (χ4n) is 0.469. The van der Waals surface area contributed by atoms with E-state index >= 15 is 0 Å². The summed E-state index contributed by atoms with van der Waals surface area (Å²) in [6.45, 7) is 2.24. The third kappa shape index (κ3) is 5.33. The van der Waals surface area contributed by atoms with E-state index in [1.807, 2.05) is 0 Å². The SMILES string of the molecule is C=C/C=C\C(=C/C)OC(F)F. The Bertz CT molecular complexity index is 171. The van der Waals surface area contributed by atoms with Crippen molar-refractivity contribution in [2.75, 3.05) is 0 Å². The van der Waals surface area contributed by atoms with Gasteiger partial charge in [0, 0.05) is 0 Å². The van der Waals surface area contributed by atoms with Gasteiger partial charge in [0.15, 0.2) is 0 Å². The zero-order valence-electron chi connectivity index (χ0n) is 6.26. The molecule has 0 atom stereocenters. The van der Waals surface area contributed by atoms with Gasteiger partial charge in [-0.2, -0.15) is 8.78 Å². The summed E-state index contributed by atoms with van der Waals surface area (Å²) in [7, 11) is 0. The summed E-state index contributed by atoms with van der Waals surface area (Å²) in [6.07, 6.45) is 5.88. The lowest BCUT2D eigenvalue weighted by Crippen LogP contribution is -1.96. The molecule has 0 heterocycles. The molecule has 0 bridgehead atoms. The summed E-state index contributed by atoms with van der Waals surface area (Å²) < 4.78 is 27.2. The molecule has 0 aromatic rings. The Morgan fingerprint density at radius 2 is 2.18 bits per heavy atom. The van der Waals surface area contributed by atoms with Crippen LogP contribution in [0, 0.1) is 0 Å². The zero-order valence-corrected chi connectivity index (χ0v) is 6.26. The molecule has 0 fully saturated rings. The molecule has 3 heteroatoms. The highest BCUT2D eigenvalue weighted by atomic mass is 19.3. The molecular weight excluding hydrogens is 150 g/mol. The Labute approximate surface area is 64.7 Å². The summed E-state index contributed by atoms with van der Waals surface area (Å²) in [6, 6.07) is 0. The van der Waals surface area contributed by atoms with Crippen LogP contribution < -0.4 is 0 Å². The summed E-state index contributed by atoms with van der Waals surface area (Å²) in [5.41, 5.74) is 0. The number of hydrogen-bond donors (Lipinski definition) is 0. The predicted molar refractivity (Wildman–Crippen MR) is 40.2 cm³/mol. The van der Waals surface area contributed by atoms with Crippen molar-refractivity contribution in [1.29, 1.82) is 0 Å². The number of halogens is 2. The largest absolute Gasteiger partial charge is 0.435 e. The van der Waals surface area contributed by atoms with Crippen LogP contribution in [0.25, 0.3) is 0 Å². The minimum Gasteiger partial charge on any atom is -0.435 e. The van der Waals surface area contributed by atoms with Crippen LogP contribution in [0.4, 0.5) is 8.78 Å². The Balaban J connectivity index is 3.98. The molecule has 0 saturated carbocycles. The second-order valence-electron chi connectivity index (χ2n) is 1.66. The fraction of sp³-hybridized carbons (Fsp3) is 0.250. The molecular formula is C8H10F2O. The highest BCUT2D eigenvalue weighted by Crippen LogP contribution is 2.06. The van der Waals surface area contributed by atoms with Crippen LogP contribution >= 0.6 is 0 Å². The van der Waals surface area contributed by atoms with Crippen molar-refractivity contribution in [3.63, 3.8) is 0 Å². The minimum absolute atomic E-state index is 0.139. The van der Waals surface area contributed by atoms with Crippen molar-refractivity contribution in [3.05, 3.63) is 36.6 Å². The Hall–Kier alpha value is -1.12. The molecule has 0 unspecified atom stereocenters. The molecule has 0 rings (SSSR count). The van der Waals surface area contributed by atoms with E-state index in [9.17, 15) is 8.78 Å². The number of hydrogen-bond acceptors (Lipinski definition) is 1. The van der Waals surface area contributed by atoms with Crippen molar-refractivity contribution >= 4 is 0 Å². The molecule has 0 N–H and O–H groups in total. The molecule has 62 valence electrons. The zero-order chi connectivity index (χ0) is 8.69. The van der Waals surface area contributed by atoms with Crippen molar-refractivity contribution in [2.24, 2.45) is 0 Å². The highest BCUT2D eigenvalue weighted by Gasteiger charge is 2.01. The Morgan fingerprint density at radius 1 is 1.55 bits per heavy atom. The maximum atomic E-state index is 11.6. The van der Waals surface area contributed by atoms with Gasteiger partial charge in [0.25, 0.3) is 0 Å². The molecule has 0 aromatic carbocycles. The normalized spacial score (nSPS) is 12.5. The molecule has 0 spiro atoms. The van der Waals surface area contributed by atoms with E-state index in [1.165, 1.54) is 24.3 Å². The highest BCUT2D eigenvalue weighted by molar-refractivity contribution is 5.15. The smallest absolute Gasteiger partial charge is 0.387 e. The van der Waals surface area contributed by atoms with Gasteiger partial charge in [-0.1, -0.05) is 18.7 Å². The van der Waals surface area contributed by atoms with E-state index in [1.54, 1.807) is 6.92 Å². The standard InChI is InChI=1S/C8H10F2O/c1-3-5-6-7(4-2)11-8(9)10/h3-6,8H,1H2,2H3/b6-5-,7-4+. The second kappa shape index (κ2) is 5.65. The van der Waals surface area contributed by atoms with E-state index in [2.05, 4.69) is 11.3 Å². The fourth-order valence-corrected chi connectivity index (χ4v) is 0.469. The van der Waals surface area contributed by atoms with Crippen LogP contribution in [0.3, 0.4) is 0 Å². The van der Waals surface area contributed by atoms with Gasteiger partial charge in [-0.25, -0.2) is 0 Å². The quantitative estimate of drug-likeness (QED) is 0.454. The number of rotatable bonds is 4. The summed E-state index contributed by atoms with van der Waals surface area (Å²) in [4.78, 5) is 0. The minimum atomic E-state index is -2.77. The average molecular weight is 160 g/mol. The van der Waals surface area contributed by atoms with Gasteiger partial charge in [-0.3, -0.25) is 0 Å². The first kappa shape index (κ1) is 9.88. The van der Waals surface area contributed by atoms with E-state index in [4.69, 9.17) is 0 Å². The third-order valence-electron chi connectivity index (χ3n) is 0.906. The van der Waals surface area contributed by atoms with E-state index in [0.29, 0.717) is 0 Å². The summed E-state index contributed by atoms with van der Waals surface area (Å²) in [5, 5.41) is 0. The number of alkyl halides is 2. The van der Waals surface area contributed by atoms with Gasteiger partial charge in [0.2, 0.25) is 0 Å². The molecule has 0 radical (unpaired) electrons. The van der Waals surface area contributed by atoms with Crippen molar-refractivity contribution in [3.8, 4) is 0 Å².